The molecule has 9 nitrogen and oxygen atoms in total. The second-order valence-corrected chi connectivity index (χ2v) is 9.30. The smallest absolute Gasteiger partial charge is 0.341 e. The van der Waals surface area contributed by atoms with Gasteiger partial charge in [-0.1, -0.05) is 6.07 Å². The van der Waals surface area contributed by atoms with Crippen LogP contribution in [0.2, 0.25) is 0 Å². The van der Waals surface area contributed by atoms with E-state index in [2.05, 4.69) is 9.97 Å². The minimum atomic E-state index is -1.30. The third-order valence-electron chi connectivity index (χ3n) is 5.99. The maximum atomic E-state index is 12.9. The standard InChI is InChI=1S/C24H21N5O4S/c1-13-3-4-16(26-9-13)8-18(30)15-10-28(11-15)19-7-14(2)20-21(31)17(23(32)33)12-29(22(20)27-19)24-25-5-6-34-24/h3-7,9,12,15H,8,10-11H2,1-2H3,(H,32,33). The summed E-state index contributed by atoms with van der Waals surface area (Å²) in [4.78, 5) is 52.5. The number of pyridine rings is 3. The van der Waals surface area contributed by atoms with Gasteiger partial charge in [0.15, 0.2) is 10.8 Å². The number of ketones is 1. The number of carbonyl (C=O) groups excluding carboxylic acids is 1. The Kier molecular flexibility index (Phi) is 5.45. The molecule has 0 amide bonds. The fourth-order valence-corrected chi connectivity index (χ4v) is 4.69. The van der Waals surface area contributed by atoms with Crippen molar-refractivity contribution in [3.63, 3.8) is 0 Å². The molecule has 1 fully saturated rings. The molecule has 0 aromatic carbocycles. The average molecular weight is 476 g/mol. The van der Waals surface area contributed by atoms with Gasteiger partial charge in [0.2, 0.25) is 5.43 Å². The van der Waals surface area contributed by atoms with Crippen LogP contribution in [0.5, 0.6) is 0 Å². The Morgan fingerprint density at radius 1 is 1.21 bits per heavy atom. The molecule has 0 saturated carbocycles. The predicted molar refractivity (Wildman–Crippen MR) is 128 cm³/mol. The lowest BCUT2D eigenvalue weighted by molar-refractivity contribution is -0.123. The highest BCUT2D eigenvalue weighted by Gasteiger charge is 2.34. The first-order chi connectivity index (χ1) is 16.3. The number of Topliss-reactive ketones (excluding diaryl/α,β-unsaturated/α-hetero) is 1. The van der Waals surface area contributed by atoms with Gasteiger partial charge in [-0.25, -0.2) is 14.8 Å². The number of carbonyl (C=O) groups is 2. The van der Waals surface area contributed by atoms with Crippen molar-refractivity contribution in [2.24, 2.45) is 5.92 Å². The van der Waals surface area contributed by atoms with Gasteiger partial charge in [0, 0.05) is 49.2 Å². The molecule has 0 unspecified atom stereocenters. The molecule has 1 N–H and O–H groups in total. The highest BCUT2D eigenvalue weighted by Crippen LogP contribution is 2.29. The molecule has 10 heteroatoms. The molecule has 4 aromatic rings. The van der Waals surface area contributed by atoms with Gasteiger partial charge in [0.05, 0.1) is 11.3 Å². The van der Waals surface area contributed by atoms with Crippen molar-refractivity contribution in [1.29, 1.82) is 0 Å². The Bertz CT molecular complexity index is 1470. The topological polar surface area (TPSA) is 118 Å². The minimum absolute atomic E-state index is 0.114. The molecule has 1 saturated heterocycles. The van der Waals surface area contributed by atoms with Crippen LogP contribution in [0.15, 0.2) is 47.0 Å². The summed E-state index contributed by atoms with van der Waals surface area (Å²) in [7, 11) is 0. The molecule has 1 aliphatic heterocycles. The summed E-state index contributed by atoms with van der Waals surface area (Å²) in [6.45, 7) is 4.77. The van der Waals surface area contributed by atoms with Crippen molar-refractivity contribution >= 4 is 39.9 Å². The molecule has 0 bridgehead atoms. The molecule has 5 rings (SSSR count). The van der Waals surface area contributed by atoms with Crippen molar-refractivity contribution < 1.29 is 14.7 Å². The Morgan fingerprint density at radius 2 is 2.00 bits per heavy atom. The van der Waals surface area contributed by atoms with Crippen LogP contribution in [0, 0.1) is 19.8 Å². The summed E-state index contributed by atoms with van der Waals surface area (Å²) >= 11 is 1.32. The summed E-state index contributed by atoms with van der Waals surface area (Å²) in [5.74, 6) is -0.643. The van der Waals surface area contributed by atoms with Crippen LogP contribution in [0.25, 0.3) is 16.2 Å². The molecule has 5 heterocycles. The van der Waals surface area contributed by atoms with Crippen LogP contribution >= 0.6 is 11.3 Å². The first-order valence-electron chi connectivity index (χ1n) is 10.7. The quantitative estimate of drug-likeness (QED) is 0.452. The van der Waals surface area contributed by atoms with E-state index < -0.39 is 11.4 Å². The largest absolute Gasteiger partial charge is 0.477 e. The zero-order valence-corrected chi connectivity index (χ0v) is 19.4. The van der Waals surface area contributed by atoms with Crippen molar-refractivity contribution in [3.8, 4) is 5.13 Å². The van der Waals surface area contributed by atoms with E-state index in [1.165, 1.54) is 17.5 Å². The van der Waals surface area contributed by atoms with E-state index in [1.807, 2.05) is 24.0 Å². The highest BCUT2D eigenvalue weighted by atomic mass is 32.1. The molecule has 4 aromatic heterocycles. The minimum Gasteiger partial charge on any atom is -0.477 e. The number of hydrogen-bond donors (Lipinski definition) is 1. The van der Waals surface area contributed by atoms with Gasteiger partial charge in [-0.05, 0) is 37.1 Å². The number of nitrogens with zero attached hydrogens (tertiary/aromatic N) is 5. The van der Waals surface area contributed by atoms with Gasteiger partial charge in [0.1, 0.15) is 17.2 Å². The lowest BCUT2D eigenvalue weighted by atomic mass is 9.92. The Balaban J connectivity index is 1.45. The molecule has 0 radical (unpaired) electrons. The normalized spacial score (nSPS) is 13.8. The molecule has 0 aliphatic carbocycles. The molecular weight excluding hydrogens is 454 g/mol. The number of aromatic nitrogens is 4. The fourth-order valence-electron chi connectivity index (χ4n) is 4.07. The second-order valence-electron chi connectivity index (χ2n) is 8.43. The molecule has 172 valence electrons. The van der Waals surface area contributed by atoms with Crippen molar-refractivity contribution in [3.05, 3.63) is 74.8 Å². The van der Waals surface area contributed by atoms with Gasteiger partial charge >= 0.3 is 5.97 Å². The van der Waals surface area contributed by atoms with Crippen LogP contribution in [-0.2, 0) is 11.2 Å². The van der Waals surface area contributed by atoms with Crippen LogP contribution < -0.4 is 10.3 Å². The summed E-state index contributed by atoms with van der Waals surface area (Å²) in [6, 6.07) is 5.59. The van der Waals surface area contributed by atoms with Crippen LogP contribution in [0.1, 0.15) is 27.2 Å². The van der Waals surface area contributed by atoms with E-state index in [0.717, 1.165) is 11.3 Å². The van der Waals surface area contributed by atoms with Gasteiger partial charge < -0.3 is 10.0 Å². The molecule has 34 heavy (non-hydrogen) atoms. The van der Waals surface area contributed by atoms with E-state index in [1.54, 1.807) is 35.3 Å². The molecule has 0 atom stereocenters. The Labute approximate surface area is 198 Å². The van der Waals surface area contributed by atoms with Gasteiger partial charge in [-0.2, -0.15) is 0 Å². The van der Waals surface area contributed by atoms with Crippen molar-refractivity contribution in [1.82, 2.24) is 19.5 Å². The monoisotopic (exact) mass is 475 g/mol. The number of aryl methyl sites for hydroxylation is 2. The number of hydrogen-bond acceptors (Lipinski definition) is 8. The number of rotatable bonds is 6. The fraction of sp³-hybridized carbons (Fsp3) is 0.250. The maximum Gasteiger partial charge on any atom is 0.341 e. The first-order valence-corrected chi connectivity index (χ1v) is 11.6. The van der Waals surface area contributed by atoms with E-state index in [9.17, 15) is 19.5 Å². The van der Waals surface area contributed by atoms with Crippen LogP contribution in [-0.4, -0.2) is 49.5 Å². The molecular formula is C24H21N5O4S. The van der Waals surface area contributed by atoms with Crippen LogP contribution in [0.4, 0.5) is 5.82 Å². The number of thiazole rings is 1. The lowest BCUT2D eigenvalue weighted by Crippen LogP contribution is -2.51. The Morgan fingerprint density at radius 3 is 2.65 bits per heavy atom. The van der Waals surface area contributed by atoms with Crippen molar-refractivity contribution in [2.75, 3.05) is 18.0 Å². The SMILES string of the molecule is Cc1ccc(CC(=O)C2CN(c3cc(C)c4c(=O)c(C(=O)O)cn(-c5nccs5)c4n3)C2)nc1. The number of aromatic carboxylic acids is 1. The second kappa shape index (κ2) is 8.45. The molecule has 0 spiro atoms. The number of carboxylic acid groups (broad SMARTS) is 1. The maximum absolute atomic E-state index is 12.9. The Hall–Kier alpha value is -3.92. The van der Waals surface area contributed by atoms with Crippen molar-refractivity contribution in [2.45, 2.75) is 20.3 Å². The van der Waals surface area contributed by atoms with E-state index in [4.69, 9.17) is 4.98 Å². The first kappa shape index (κ1) is 21.9. The van der Waals surface area contributed by atoms with Gasteiger partial charge in [-0.15, -0.1) is 11.3 Å². The summed E-state index contributed by atoms with van der Waals surface area (Å²) < 4.78 is 1.55. The average Bonchev–Trinajstić information content (AvgIpc) is 3.29. The third-order valence-corrected chi connectivity index (χ3v) is 6.76. The third kappa shape index (κ3) is 3.86. The summed E-state index contributed by atoms with van der Waals surface area (Å²) in [5.41, 5.74) is 1.87. The lowest BCUT2D eigenvalue weighted by Gasteiger charge is -2.39. The van der Waals surface area contributed by atoms with Gasteiger partial charge in [-0.3, -0.25) is 19.1 Å². The molecule has 1 aliphatic rings. The van der Waals surface area contributed by atoms with Gasteiger partial charge in [0.25, 0.3) is 0 Å². The summed E-state index contributed by atoms with van der Waals surface area (Å²) in [5, 5.41) is 12.1. The van der Waals surface area contributed by atoms with Crippen LogP contribution in [0.3, 0.4) is 0 Å². The number of anilines is 1. The van der Waals surface area contributed by atoms with E-state index in [-0.39, 0.29) is 22.7 Å². The zero-order valence-electron chi connectivity index (χ0n) is 18.6. The van der Waals surface area contributed by atoms with E-state index >= 15 is 0 Å². The highest BCUT2D eigenvalue weighted by molar-refractivity contribution is 7.12. The van der Waals surface area contributed by atoms with E-state index in [0.29, 0.717) is 41.7 Å². The number of carboxylic acids is 1. The number of fused-ring (bicyclic) bond motifs is 1. The predicted octanol–water partition coefficient (Wildman–Crippen LogP) is 2.80. The summed E-state index contributed by atoms with van der Waals surface area (Å²) in [6.07, 6.45) is 4.94. The zero-order chi connectivity index (χ0) is 24.0.